The van der Waals surface area contributed by atoms with Crippen molar-refractivity contribution >= 4 is 21.8 Å². The SMILES string of the molecule is O=C1CN(c2c(OCc3ccccc3)ccc(CC3CCCCN3)c2F)S(=O)(=O)N1. The minimum atomic E-state index is -4.17. The lowest BCUT2D eigenvalue weighted by molar-refractivity contribution is -0.117. The molecule has 0 spiro atoms. The monoisotopic (exact) mass is 433 g/mol. The molecule has 2 aromatic rings. The number of nitrogens with zero attached hydrogens (tertiary/aromatic N) is 1. The molecule has 0 radical (unpaired) electrons. The number of piperidine rings is 1. The molecule has 2 saturated heterocycles. The second-order valence-electron chi connectivity index (χ2n) is 7.55. The van der Waals surface area contributed by atoms with E-state index in [1.165, 1.54) is 0 Å². The van der Waals surface area contributed by atoms with Crippen LogP contribution in [0.4, 0.5) is 10.1 Å². The zero-order valence-electron chi connectivity index (χ0n) is 16.4. The zero-order chi connectivity index (χ0) is 21.1. The van der Waals surface area contributed by atoms with E-state index in [2.05, 4.69) is 5.32 Å². The molecule has 2 aromatic carbocycles. The lowest BCUT2D eigenvalue weighted by atomic mass is 9.97. The van der Waals surface area contributed by atoms with Gasteiger partial charge in [-0.25, -0.2) is 13.4 Å². The minimum absolute atomic E-state index is 0.0804. The molecule has 4 rings (SSSR count). The highest BCUT2D eigenvalue weighted by Gasteiger charge is 2.38. The average Bonchev–Trinajstić information content (AvgIpc) is 3.01. The van der Waals surface area contributed by atoms with Crippen molar-refractivity contribution in [3.63, 3.8) is 0 Å². The van der Waals surface area contributed by atoms with Gasteiger partial charge in [-0.3, -0.25) is 4.79 Å². The summed E-state index contributed by atoms with van der Waals surface area (Å²) in [4.78, 5) is 11.7. The summed E-state index contributed by atoms with van der Waals surface area (Å²) in [6.07, 6.45) is 3.54. The Bertz CT molecular complexity index is 1020. The zero-order valence-corrected chi connectivity index (χ0v) is 17.3. The average molecular weight is 434 g/mol. The molecule has 2 aliphatic heterocycles. The molecule has 30 heavy (non-hydrogen) atoms. The van der Waals surface area contributed by atoms with Gasteiger partial charge in [0, 0.05) is 6.04 Å². The molecule has 2 aliphatic rings. The maximum Gasteiger partial charge on any atom is 0.326 e. The van der Waals surface area contributed by atoms with Crippen LogP contribution in [0.15, 0.2) is 42.5 Å². The summed E-state index contributed by atoms with van der Waals surface area (Å²) >= 11 is 0. The van der Waals surface area contributed by atoms with Gasteiger partial charge in [-0.2, -0.15) is 8.42 Å². The molecule has 0 aromatic heterocycles. The van der Waals surface area contributed by atoms with Crippen LogP contribution in [0.2, 0.25) is 0 Å². The first-order valence-corrected chi connectivity index (χ1v) is 11.4. The number of anilines is 1. The minimum Gasteiger partial charge on any atom is -0.487 e. The molecular formula is C21H24FN3O4S. The number of carbonyl (C=O) groups is 1. The van der Waals surface area contributed by atoms with E-state index in [0.29, 0.717) is 12.0 Å². The summed E-state index contributed by atoms with van der Waals surface area (Å²) in [6.45, 7) is 0.550. The Morgan fingerprint density at radius 2 is 1.93 bits per heavy atom. The van der Waals surface area contributed by atoms with Gasteiger partial charge < -0.3 is 10.1 Å². The first-order chi connectivity index (χ1) is 14.4. The molecule has 1 unspecified atom stereocenters. The number of hydrogen-bond donors (Lipinski definition) is 2. The van der Waals surface area contributed by atoms with Crippen molar-refractivity contribution in [2.24, 2.45) is 0 Å². The summed E-state index contributed by atoms with van der Waals surface area (Å²) in [5.41, 5.74) is 1.03. The molecule has 2 N–H and O–H groups in total. The standard InChI is InChI=1S/C21H24FN3O4S/c22-20-16(12-17-8-4-5-11-23-17)9-10-18(29-14-15-6-2-1-3-7-15)21(20)25-13-19(26)24-30(25,27)28/h1-3,6-7,9-10,17,23H,4-5,8,11-14H2,(H,24,26). The van der Waals surface area contributed by atoms with Crippen molar-refractivity contribution < 1.29 is 22.3 Å². The van der Waals surface area contributed by atoms with Gasteiger partial charge in [-0.15, -0.1) is 0 Å². The molecule has 7 nitrogen and oxygen atoms in total. The number of amides is 1. The number of ether oxygens (including phenoxy) is 1. The van der Waals surface area contributed by atoms with Gasteiger partial charge in [-0.05, 0) is 43.0 Å². The topological polar surface area (TPSA) is 87.7 Å². The van der Waals surface area contributed by atoms with Crippen molar-refractivity contribution in [2.75, 3.05) is 17.4 Å². The third-order valence-corrected chi connectivity index (χ3v) is 6.72. The summed E-state index contributed by atoms with van der Waals surface area (Å²) in [7, 11) is -4.17. The summed E-state index contributed by atoms with van der Waals surface area (Å²) < 4.78 is 48.8. The Morgan fingerprint density at radius 1 is 1.13 bits per heavy atom. The molecule has 2 heterocycles. The first-order valence-electron chi connectivity index (χ1n) is 9.99. The Balaban J connectivity index is 1.68. The molecule has 0 saturated carbocycles. The van der Waals surface area contributed by atoms with Crippen molar-refractivity contribution in [1.82, 2.24) is 10.0 Å². The van der Waals surface area contributed by atoms with Crippen LogP contribution in [0.1, 0.15) is 30.4 Å². The maximum atomic E-state index is 15.6. The third-order valence-electron chi connectivity index (χ3n) is 5.34. The quantitative estimate of drug-likeness (QED) is 0.730. The molecule has 2 fully saturated rings. The van der Waals surface area contributed by atoms with Crippen LogP contribution in [-0.2, 0) is 28.0 Å². The van der Waals surface area contributed by atoms with E-state index in [0.717, 1.165) is 35.7 Å². The van der Waals surface area contributed by atoms with Crippen LogP contribution < -0.4 is 19.1 Å². The predicted molar refractivity (Wildman–Crippen MR) is 111 cm³/mol. The van der Waals surface area contributed by atoms with Gasteiger partial charge in [0.1, 0.15) is 24.6 Å². The predicted octanol–water partition coefficient (Wildman–Crippen LogP) is 2.27. The van der Waals surface area contributed by atoms with E-state index in [9.17, 15) is 13.2 Å². The van der Waals surface area contributed by atoms with E-state index in [1.54, 1.807) is 12.1 Å². The summed E-state index contributed by atoms with van der Waals surface area (Å²) in [5, 5.41) is 3.37. The second kappa shape index (κ2) is 8.61. The van der Waals surface area contributed by atoms with Crippen LogP contribution in [-0.4, -0.2) is 33.5 Å². The lowest BCUT2D eigenvalue weighted by Crippen LogP contribution is -2.36. The van der Waals surface area contributed by atoms with Gasteiger partial charge in [0.15, 0.2) is 5.82 Å². The van der Waals surface area contributed by atoms with Crippen LogP contribution in [0.3, 0.4) is 0 Å². The van der Waals surface area contributed by atoms with Crippen LogP contribution in [0, 0.1) is 5.82 Å². The van der Waals surface area contributed by atoms with Gasteiger partial charge in [0.2, 0.25) is 0 Å². The van der Waals surface area contributed by atoms with Crippen LogP contribution in [0.5, 0.6) is 5.75 Å². The number of rotatable bonds is 6. The highest BCUT2D eigenvalue weighted by Crippen LogP contribution is 2.37. The van der Waals surface area contributed by atoms with E-state index in [-0.39, 0.29) is 24.1 Å². The fraction of sp³-hybridized carbons (Fsp3) is 0.381. The summed E-state index contributed by atoms with van der Waals surface area (Å²) in [6, 6.07) is 12.6. The Morgan fingerprint density at radius 3 is 2.60 bits per heavy atom. The lowest BCUT2D eigenvalue weighted by Gasteiger charge is -2.25. The van der Waals surface area contributed by atoms with E-state index < -0.39 is 28.5 Å². The van der Waals surface area contributed by atoms with E-state index in [1.807, 2.05) is 35.1 Å². The Hall–Kier alpha value is -2.65. The third kappa shape index (κ3) is 4.41. The fourth-order valence-electron chi connectivity index (χ4n) is 3.84. The van der Waals surface area contributed by atoms with Crippen molar-refractivity contribution in [3.05, 3.63) is 59.4 Å². The maximum absolute atomic E-state index is 15.6. The van der Waals surface area contributed by atoms with Crippen LogP contribution >= 0.6 is 0 Å². The van der Waals surface area contributed by atoms with Crippen molar-refractivity contribution in [3.8, 4) is 5.75 Å². The molecule has 1 atom stereocenters. The number of benzene rings is 2. The molecule has 9 heteroatoms. The Kier molecular flexibility index (Phi) is 5.92. The smallest absolute Gasteiger partial charge is 0.326 e. The number of carbonyl (C=O) groups excluding carboxylic acids is 1. The van der Waals surface area contributed by atoms with E-state index >= 15 is 4.39 Å². The van der Waals surface area contributed by atoms with Gasteiger partial charge in [0.25, 0.3) is 5.91 Å². The van der Waals surface area contributed by atoms with Crippen molar-refractivity contribution in [1.29, 1.82) is 0 Å². The normalized spacial score (nSPS) is 20.8. The number of halogens is 1. The molecular weight excluding hydrogens is 409 g/mol. The van der Waals surface area contributed by atoms with Crippen molar-refractivity contribution in [2.45, 2.75) is 38.3 Å². The van der Waals surface area contributed by atoms with Gasteiger partial charge in [-0.1, -0.05) is 42.8 Å². The molecule has 0 bridgehead atoms. The molecule has 160 valence electrons. The number of nitrogens with one attached hydrogen (secondary N) is 2. The Labute approximate surface area is 175 Å². The highest BCUT2D eigenvalue weighted by molar-refractivity contribution is 7.92. The molecule has 1 amide bonds. The first kappa shape index (κ1) is 20.6. The number of hydrogen-bond acceptors (Lipinski definition) is 5. The van der Waals surface area contributed by atoms with Gasteiger partial charge >= 0.3 is 10.2 Å². The fourth-order valence-corrected chi connectivity index (χ4v) is 5.00. The van der Waals surface area contributed by atoms with Crippen LogP contribution in [0.25, 0.3) is 0 Å². The summed E-state index contributed by atoms with van der Waals surface area (Å²) in [5.74, 6) is -1.30. The highest BCUT2D eigenvalue weighted by atomic mass is 32.2. The van der Waals surface area contributed by atoms with E-state index in [4.69, 9.17) is 4.74 Å². The molecule has 0 aliphatic carbocycles. The second-order valence-corrected chi connectivity index (χ2v) is 9.14. The van der Waals surface area contributed by atoms with Gasteiger partial charge in [0.05, 0.1) is 0 Å². The largest absolute Gasteiger partial charge is 0.487 e.